The maximum absolute atomic E-state index is 10.7. The van der Waals surface area contributed by atoms with E-state index in [0.29, 0.717) is 5.92 Å². The Bertz CT molecular complexity index is 208. The highest BCUT2D eigenvalue weighted by Gasteiger charge is 2.03. The molecule has 0 aromatic heterocycles. The van der Waals surface area contributed by atoms with Gasteiger partial charge in [0.2, 0.25) is 0 Å². The zero-order valence-corrected chi connectivity index (χ0v) is 7.14. The van der Waals surface area contributed by atoms with Crippen molar-refractivity contribution in [3.8, 4) is 12.3 Å². The highest BCUT2D eigenvalue weighted by molar-refractivity contribution is 5.93. The van der Waals surface area contributed by atoms with Crippen molar-refractivity contribution in [1.29, 1.82) is 0 Å². The van der Waals surface area contributed by atoms with Crippen LogP contribution in [0.25, 0.3) is 0 Å². The van der Waals surface area contributed by atoms with Crippen molar-refractivity contribution in [3.63, 3.8) is 0 Å². The van der Waals surface area contributed by atoms with Gasteiger partial charge in [-0.05, 0) is 18.8 Å². The molecule has 0 radical (unpaired) electrons. The van der Waals surface area contributed by atoms with E-state index in [1.54, 1.807) is 0 Å². The first kappa shape index (κ1) is 9.77. The third-order valence-corrected chi connectivity index (χ3v) is 1.32. The van der Waals surface area contributed by atoms with E-state index in [9.17, 15) is 4.79 Å². The molecule has 0 unspecified atom stereocenters. The molecule has 0 rings (SSSR count). The smallest absolute Gasteiger partial charge is 0.299 e. The van der Waals surface area contributed by atoms with Crippen molar-refractivity contribution in [1.82, 2.24) is 5.32 Å². The second-order valence-electron chi connectivity index (χ2n) is 2.50. The van der Waals surface area contributed by atoms with Crippen molar-refractivity contribution < 1.29 is 4.79 Å². The molecule has 0 saturated heterocycles. The Hall–Kier alpha value is -1.23. The van der Waals surface area contributed by atoms with E-state index in [2.05, 4.69) is 5.32 Å². The van der Waals surface area contributed by atoms with Gasteiger partial charge in [-0.15, -0.1) is 6.42 Å². The maximum Gasteiger partial charge on any atom is 0.299 e. The molecule has 0 spiro atoms. The van der Waals surface area contributed by atoms with Crippen LogP contribution in [0.1, 0.15) is 20.8 Å². The molecular weight excluding hydrogens is 138 g/mol. The van der Waals surface area contributed by atoms with Gasteiger partial charge in [0.25, 0.3) is 5.91 Å². The molecule has 0 atom stereocenters. The van der Waals surface area contributed by atoms with Gasteiger partial charge in [0.05, 0.1) is 0 Å². The summed E-state index contributed by atoms with van der Waals surface area (Å²) in [5.74, 6) is 1.91. The van der Waals surface area contributed by atoms with Gasteiger partial charge < -0.3 is 5.32 Å². The Morgan fingerprint density at radius 3 is 2.45 bits per heavy atom. The standard InChI is InChI=1S/C9H13NO/c1-5-8(7(3)4)10-9(11)6-2/h2,5,7H,1,3-4H3,(H,10,11)/b8-5-. The monoisotopic (exact) mass is 151 g/mol. The molecule has 0 aliphatic rings. The van der Waals surface area contributed by atoms with E-state index in [4.69, 9.17) is 6.42 Å². The highest BCUT2D eigenvalue weighted by atomic mass is 16.1. The van der Waals surface area contributed by atoms with Crippen LogP contribution in [-0.4, -0.2) is 5.91 Å². The summed E-state index contributed by atoms with van der Waals surface area (Å²) in [6, 6.07) is 0. The third-order valence-electron chi connectivity index (χ3n) is 1.32. The minimum atomic E-state index is -0.383. The lowest BCUT2D eigenvalue weighted by atomic mass is 10.1. The fourth-order valence-electron chi connectivity index (χ4n) is 0.717. The van der Waals surface area contributed by atoms with Crippen LogP contribution in [0.5, 0.6) is 0 Å². The Labute approximate surface area is 67.7 Å². The molecule has 0 aromatic rings. The highest BCUT2D eigenvalue weighted by Crippen LogP contribution is 2.04. The van der Waals surface area contributed by atoms with Crippen LogP contribution < -0.4 is 5.32 Å². The van der Waals surface area contributed by atoms with Gasteiger partial charge >= 0.3 is 0 Å². The molecule has 2 heteroatoms. The van der Waals surface area contributed by atoms with Crippen LogP contribution in [0.2, 0.25) is 0 Å². The molecular formula is C9H13NO. The quantitative estimate of drug-likeness (QED) is 0.592. The molecule has 0 heterocycles. The van der Waals surface area contributed by atoms with Gasteiger partial charge in [-0.25, -0.2) is 0 Å². The van der Waals surface area contributed by atoms with Crippen molar-refractivity contribution in [2.75, 3.05) is 0 Å². The minimum Gasteiger partial charge on any atom is -0.319 e. The van der Waals surface area contributed by atoms with Gasteiger partial charge in [0, 0.05) is 5.70 Å². The summed E-state index contributed by atoms with van der Waals surface area (Å²) in [7, 11) is 0. The largest absolute Gasteiger partial charge is 0.319 e. The molecule has 60 valence electrons. The van der Waals surface area contributed by atoms with E-state index in [1.807, 2.05) is 32.8 Å². The van der Waals surface area contributed by atoms with Crippen LogP contribution in [0, 0.1) is 18.3 Å². The zero-order valence-electron chi connectivity index (χ0n) is 7.14. The number of carbonyl (C=O) groups excluding carboxylic acids is 1. The third kappa shape index (κ3) is 3.47. The van der Waals surface area contributed by atoms with E-state index < -0.39 is 0 Å². The molecule has 0 fully saturated rings. The van der Waals surface area contributed by atoms with E-state index >= 15 is 0 Å². The van der Waals surface area contributed by atoms with E-state index in [0.717, 1.165) is 5.70 Å². The first-order valence-electron chi connectivity index (χ1n) is 3.55. The SMILES string of the molecule is C#CC(=O)N/C(=C\C)C(C)C. The summed E-state index contributed by atoms with van der Waals surface area (Å²) in [6.45, 7) is 5.85. The summed E-state index contributed by atoms with van der Waals surface area (Å²) >= 11 is 0. The van der Waals surface area contributed by atoms with Gasteiger partial charge in [-0.1, -0.05) is 19.9 Å². The molecule has 0 aliphatic heterocycles. The predicted molar refractivity (Wildman–Crippen MR) is 45.6 cm³/mol. The number of hydrogen-bond donors (Lipinski definition) is 1. The topological polar surface area (TPSA) is 29.1 Å². The fraction of sp³-hybridized carbons (Fsp3) is 0.444. The van der Waals surface area contributed by atoms with Gasteiger partial charge in [-0.2, -0.15) is 0 Å². The molecule has 2 nitrogen and oxygen atoms in total. The summed E-state index contributed by atoms with van der Waals surface area (Å²) in [5.41, 5.74) is 0.868. The van der Waals surface area contributed by atoms with Gasteiger partial charge in [0.1, 0.15) is 0 Å². The maximum atomic E-state index is 10.7. The molecule has 1 N–H and O–H groups in total. The summed E-state index contributed by atoms with van der Waals surface area (Å²) in [5, 5.41) is 2.60. The molecule has 0 aliphatic carbocycles. The Morgan fingerprint density at radius 1 is 1.64 bits per heavy atom. The Balaban J connectivity index is 4.14. The van der Waals surface area contributed by atoms with Crippen molar-refractivity contribution in [2.24, 2.45) is 5.92 Å². The summed E-state index contributed by atoms with van der Waals surface area (Å²) in [6.07, 6.45) is 6.73. The number of hydrogen-bond acceptors (Lipinski definition) is 1. The van der Waals surface area contributed by atoms with Crippen molar-refractivity contribution in [2.45, 2.75) is 20.8 Å². The average molecular weight is 151 g/mol. The van der Waals surface area contributed by atoms with Crippen LogP contribution in [0.3, 0.4) is 0 Å². The summed E-state index contributed by atoms with van der Waals surface area (Å²) < 4.78 is 0. The first-order chi connectivity index (χ1) is 5.11. The lowest BCUT2D eigenvalue weighted by Crippen LogP contribution is -2.23. The number of rotatable bonds is 2. The van der Waals surface area contributed by atoms with E-state index in [-0.39, 0.29) is 5.91 Å². The molecule has 0 saturated carbocycles. The molecule has 11 heavy (non-hydrogen) atoms. The van der Waals surface area contributed by atoms with Gasteiger partial charge in [-0.3, -0.25) is 4.79 Å². The number of nitrogens with one attached hydrogen (secondary N) is 1. The van der Waals surface area contributed by atoms with Gasteiger partial charge in [0.15, 0.2) is 0 Å². The number of allylic oxidation sites excluding steroid dienone is 2. The number of amides is 1. The normalized spacial score (nSPS) is 11.0. The lowest BCUT2D eigenvalue weighted by molar-refractivity contribution is -0.115. The van der Waals surface area contributed by atoms with Crippen molar-refractivity contribution >= 4 is 5.91 Å². The molecule has 0 bridgehead atoms. The van der Waals surface area contributed by atoms with E-state index in [1.165, 1.54) is 0 Å². The van der Waals surface area contributed by atoms with Crippen LogP contribution in [-0.2, 0) is 4.79 Å². The zero-order chi connectivity index (χ0) is 8.85. The lowest BCUT2D eigenvalue weighted by Gasteiger charge is -2.09. The van der Waals surface area contributed by atoms with Crippen LogP contribution in [0.4, 0.5) is 0 Å². The fourth-order valence-corrected chi connectivity index (χ4v) is 0.717. The molecule has 0 aromatic carbocycles. The average Bonchev–Trinajstić information content (AvgIpc) is 1.99. The molecule has 1 amide bonds. The van der Waals surface area contributed by atoms with Crippen molar-refractivity contribution in [3.05, 3.63) is 11.8 Å². The summed E-state index contributed by atoms with van der Waals surface area (Å²) in [4.78, 5) is 10.7. The number of terminal acetylenes is 1. The predicted octanol–water partition coefficient (Wildman–Crippen LogP) is 1.30. The number of carbonyl (C=O) groups is 1. The Kier molecular flexibility index (Phi) is 4.05. The Morgan fingerprint density at radius 2 is 2.18 bits per heavy atom. The van der Waals surface area contributed by atoms with Crippen LogP contribution in [0.15, 0.2) is 11.8 Å². The van der Waals surface area contributed by atoms with Crippen LogP contribution >= 0.6 is 0 Å². The minimum absolute atomic E-state index is 0.303. The second-order valence-corrected chi connectivity index (χ2v) is 2.50. The second kappa shape index (κ2) is 4.56. The first-order valence-corrected chi connectivity index (χ1v) is 3.55.